The lowest BCUT2D eigenvalue weighted by Crippen LogP contribution is -2.51. The maximum absolute atomic E-state index is 13.4. The lowest BCUT2D eigenvalue weighted by atomic mass is 9.90. The highest BCUT2D eigenvalue weighted by atomic mass is 35.5. The molecule has 0 radical (unpaired) electrons. The van der Waals surface area contributed by atoms with Gasteiger partial charge in [0.1, 0.15) is 11.5 Å². The van der Waals surface area contributed by atoms with E-state index >= 15 is 0 Å². The topological polar surface area (TPSA) is 102 Å². The third-order valence-corrected chi connectivity index (χ3v) is 8.73. The van der Waals surface area contributed by atoms with Gasteiger partial charge in [-0.1, -0.05) is 30.7 Å². The van der Waals surface area contributed by atoms with Gasteiger partial charge >= 0.3 is 0 Å². The van der Waals surface area contributed by atoms with Crippen LogP contribution in [0.15, 0.2) is 41.5 Å². The van der Waals surface area contributed by atoms with Gasteiger partial charge in [0.2, 0.25) is 5.91 Å². The van der Waals surface area contributed by atoms with E-state index in [9.17, 15) is 14.7 Å². The molecule has 2 aliphatic heterocycles. The molecular formula is C28H34ClN5O4. The average molecular weight is 540 g/mol. The van der Waals surface area contributed by atoms with Crippen molar-refractivity contribution in [2.45, 2.75) is 63.8 Å². The van der Waals surface area contributed by atoms with Crippen LogP contribution in [-0.4, -0.2) is 68.0 Å². The number of hydrogen-bond acceptors (Lipinski definition) is 6. The van der Waals surface area contributed by atoms with Crippen LogP contribution in [-0.2, 0) is 16.1 Å². The minimum Gasteiger partial charge on any atom is -0.388 e. The zero-order valence-corrected chi connectivity index (χ0v) is 22.6. The Hall–Kier alpha value is -2.72. The number of halogens is 1. The van der Waals surface area contributed by atoms with Crippen LogP contribution >= 0.6 is 11.6 Å². The summed E-state index contributed by atoms with van der Waals surface area (Å²) in [4.78, 5) is 32.5. The number of morpholine rings is 1. The number of likely N-dealkylation sites (tertiary alicyclic amines) is 1. The first-order valence-electron chi connectivity index (χ1n) is 13.4. The number of benzene rings is 1. The third kappa shape index (κ3) is 4.66. The quantitative estimate of drug-likeness (QED) is 0.517. The summed E-state index contributed by atoms with van der Waals surface area (Å²) in [6, 6.07) is 9.77. The maximum atomic E-state index is 13.4. The van der Waals surface area contributed by atoms with E-state index in [-0.39, 0.29) is 35.6 Å². The SMILES string of the molecule is C[C@@H]1CNC(c2ccc(-n3c(Cl)cc4c(=O)n(CC5(O)CCN(C(=O)C6(C)CC6)CC5)cnc43)cc2)CO1. The molecule has 1 amide bonds. The van der Waals surface area contributed by atoms with E-state index < -0.39 is 5.60 Å². The van der Waals surface area contributed by atoms with Crippen molar-refractivity contribution < 1.29 is 14.6 Å². The minimum absolute atomic E-state index is 0.126. The zero-order valence-electron chi connectivity index (χ0n) is 21.8. The second-order valence-corrected chi connectivity index (χ2v) is 11.9. The number of carbonyl (C=O) groups is 1. The van der Waals surface area contributed by atoms with Crippen molar-refractivity contribution in [1.82, 2.24) is 24.3 Å². The predicted molar refractivity (Wildman–Crippen MR) is 145 cm³/mol. The van der Waals surface area contributed by atoms with Gasteiger partial charge in [-0.05, 0) is 56.4 Å². The normalized spacial score (nSPS) is 24.5. The average Bonchev–Trinajstić information content (AvgIpc) is 3.57. The highest BCUT2D eigenvalue weighted by Crippen LogP contribution is 2.47. The minimum atomic E-state index is -1.07. The highest BCUT2D eigenvalue weighted by Gasteiger charge is 2.48. The molecule has 38 heavy (non-hydrogen) atoms. The van der Waals surface area contributed by atoms with Crippen LogP contribution in [0.5, 0.6) is 0 Å². The number of carbonyl (C=O) groups excluding carboxylic acids is 1. The summed E-state index contributed by atoms with van der Waals surface area (Å²) < 4.78 is 8.99. The molecule has 3 aliphatic rings. The molecule has 4 heterocycles. The van der Waals surface area contributed by atoms with Gasteiger partial charge in [0.05, 0.1) is 36.3 Å². The van der Waals surface area contributed by atoms with Crippen LogP contribution in [0.1, 0.15) is 51.1 Å². The smallest absolute Gasteiger partial charge is 0.262 e. The van der Waals surface area contributed by atoms with Crippen LogP contribution in [0.25, 0.3) is 16.7 Å². The third-order valence-electron chi connectivity index (χ3n) is 8.46. The van der Waals surface area contributed by atoms with Crippen LogP contribution in [0.4, 0.5) is 0 Å². The van der Waals surface area contributed by atoms with Crippen molar-refractivity contribution >= 4 is 28.5 Å². The van der Waals surface area contributed by atoms with Crippen LogP contribution in [0.2, 0.25) is 5.15 Å². The summed E-state index contributed by atoms with van der Waals surface area (Å²) in [5, 5.41) is 15.5. The summed E-state index contributed by atoms with van der Waals surface area (Å²) in [6.45, 7) is 6.60. The Morgan fingerprint density at radius 2 is 1.92 bits per heavy atom. The molecule has 2 aromatic heterocycles. The molecule has 2 atom stereocenters. The fourth-order valence-electron chi connectivity index (χ4n) is 5.58. The number of amides is 1. The molecule has 2 N–H and O–H groups in total. The lowest BCUT2D eigenvalue weighted by molar-refractivity contribution is -0.141. The molecule has 3 fully saturated rings. The van der Waals surface area contributed by atoms with Crippen molar-refractivity contribution in [2.75, 3.05) is 26.2 Å². The lowest BCUT2D eigenvalue weighted by Gasteiger charge is -2.39. The fraction of sp³-hybridized carbons (Fsp3) is 0.536. The van der Waals surface area contributed by atoms with E-state index in [1.54, 1.807) is 10.6 Å². The van der Waals surface area contributed by atoms with E-state index in [1.807, 2.05) is 43.0 Å². The molecule has 1 aromatic carbocycles. The van der Waals surface area contributed by atoms with Crippen LogP contribution < -0.4 is 10.9 Å². The summed E-state index contributed by atoms with van der Waals surface area (Å²) in [7, 11) is 0. The van der Waals surface area contributed by atoms with Gasteiger partial charge in [0, 0.05) is 30.7 Å². The van der Waals surface area contributed by atoms with Crippen molar-refractivity contribution in [3.05, 3.63) is 57.7 Å². The standard InChI is InChI=1S/C28H34ClN5O4/c1-18-14-30-22(15-38-18)19-3-5-20(6-4-19)34-23(29)13-21-24(34)31-17-33(25(21)35)16-28(37)9-11-32(12-10-28)26(36)27(2)7-8-27/h3-6,13,17-18,22,30,37H,7-12,14-16H2,1-2H3/t18-,22?/m1/s1. The molecule has 10 heteroatoms. The van der Waals surface area contributed by atoms with Gasteiger partial charge in [0.15, 0.2) is 5.65 Å². The molecule has 0 bridgehead atoms. The Balaban J connectivity index is 1.20. The molecule has 6 rings (SSSR count). The second-order valence-electron chi connectivity index (χ2n) is 11.5. The number of ether oxygens (including phenoxy) is 1. The van der Waals surface area contributed by atoms with Crippen molar-refractivity contribution in [1.29, 1.82) is 0 Å². The van der Waals surface area contributed by atoms with Gasteiger partial charge in [-0.3, -0.25) is 18.7 Å². The van der Waals surface area contributed by atoms with Crippen molar-refractivity contribution in [3.63, 3.8) is 0 Å². The number of nitrogens with zero attached hydrogens (tertiary/aromatic N) is 4. The van der Waals surface area contributed by atoms with E-state index in [0.717, 1.165) is 30.6 Å². The second kappa shape index (κ2) is 9.48. The molecule has 1 saturated carbocycles. The van der Waals surface area contributed by atoms with E-state index in [4.69, 9.17) is 16.3 Å². The summed E-state index contributed by atoms with van der Waals surface area (Å²) >= 11 is 6.59. The first-order valence-corrected chi connectivity index (χ1v) is 13.8. The molecule has 2 saturated heterocycles. The van der Waals surface area contributed by atoms with E-state index in [0.29, 0.717) is 48.7 Å². The molecule has 202 valence electrons. The highest BCUT2D eigenvalue weighted by molar-refractivity contribution is 6.31. The number of fused-ring (bicyclic) bond motifs is 1. The number of rotatable bonds is 5. The maximum Gasteiger partial charge on any atom is 0.262 e. The van der Waals surface area contributed by atoms with E-state index in [1.165, 1.54) is 10.9 Å². The molecular weight excluding hydrogens is 506 g/mol. The summed E-state index contributed by atoms with van der Waals surface area (Å²) in [5.41, 5.74) is 0.870. The van der Waals surface area contributed by atoms with Crippen molar-refractivity contribution in [3.8, 4) is 5.69 Å². The monoisotopic (exact) mass is 539 g/mol. The van der Waals surface area contributed by atoms with Crippen LogP contribution in [0, 0.1) is 5.41 Å². The first-order chi connectivity index (χ1) is 18.2. The zero-order chi connectivity index (χ0) is 26.7. The Morgan fingerprint density at radius 1 is 1.21 bits per heavy atom. The Morgan fingerprint density at radius 3 is 2.55 bits per heavy atom. The largest absolute Gasteiger partial charge is 0.388 e. The molecule has 1 unspecified atom stereocenters. The number of aromatic nitrogens is 3. The van der Waals surface area contributed by atoms with Crippen LogP contribution in [0.3, 0.4) is 0 Å². The number of piperidine rings is 1. The van der Waals surface area contributed by atoms with Gasteiger partial charge in [-0.25, -0.2) is 4.98 Å². The predicted octanol–water partition coefficient (Wildman–Crippen LogP) is 3.04. The van der Waals surface area contributed by atoms with Gasteiger partial charge in [0.25, 0.3) is 5.56 Å². The number of nitrogens with one attached hydrogen (secondary N) is 1. The molecule has 0 spiro atoms. The van der Waals surface area contributed by atoms with E-state index in [2.05, 4.69) is 10.3 Å². The van der Waals surface area contributed by atoms with Gasteiger partial charge in [-0.15, -0.1) is 0 Å². The van der Waals surface area contributed by atoms with Crippen molar-refractivity contribution in [2.24, 2.45) is 5.41 Å². The Bertz CT molecular complexity index is 1410. The first kappa shape index (κ1) is 25.6. The summed E-state index contributed by atoms with van der Waals surface area (Å²) in [6.07, 6.45) is 4.41. The Labute approximate surface area is 226 Å². The van der Waals surface area contributed by atoms with Gasteiger partial charge < -0.3 is 20.1 Å². The number of aliphatic hydroxyl groups is 1. The molecule has 3 aromatic rings. The molecule has 1 aliphatic carbocycles. The number of hydrogen-bond donors (Lipinski definition) is 2. The van der Waals surface area contributed by atoms with Gasteiger partial charge in [-0.2, -0.15) is 0 Å². The molecule has 9 nitrogen and oxygen atoms in total. The summed E-state index contributed by atoms with van der Waals surface area (Å²) in [5.74, 6) is 0.182. The fourth-order valence-corrected chi connectivity index (χ4v) is 5.87. The Kier molecular flexibility index (Phi) is 6.38.